The van der Waals surface area contributed by atoms with E-state index in [1.807, 2.05) is 13.8 Å². The SMILES string of the molecule is CCC(C)(C)OC(O)COC1CC(Br)C(C(C)(C)C2C(Br)CC(C(C)(CC)CC)CC2Br)C(Br)C1. The first-order valence-electron chi connectivity index (χ1n) is 13.7. The molecule has 0 amide bonds. The Hall–Kier alpha value is 1.80. The molecule has 2 fully saturated rings. The van der Waals surface area contributed by atoms with Gasteiger partial charge < -0.3 is 14.6 Å². The molecule has 7 heteroatoms. The van der Waals surface area contributed by atoms with Crippen LogP contribution in [0.1, 0.15) is 100 Å². The highest BCUT2D eigenvalue weighted by molar-refractivity contribution is 9.10. The molecule has 35 heavy (non-hydrogen) atoms. The standard InChI is InChI=1S/C28H50Br4O3/c1-9-26(4,5)35-23(33)16-34-18-14-21(31)25(22(32)15-18)27(6,7)24-19(29)12-17(13-20(24)30)28(8,10-2)11-3/h17-25,33H,9-16H2,1-8H3. The first kappa shape index (κ1) is 33.0. The van der Waals surface area contributed by atoms with Gasteiger partial charge in [0.15, 0.2) is 6.29 Å². The maximum Gasteiger partial charge on any atom is 0.178 e. The van der Waals surface area contributed by atoms with Crippen LogP contribution >= 0.6 is 63.7 Å². The second-order valence-electron chi connectivity index (χ2n) is 12.6. The zero-order valence-electron chi connectivity index (χ0n) is 23.1. The molecule has 0 aromatic carbocycles. The van der Waals surface area contributed by atoms with E-state index in [0.717, 1.165) is 25.2 Å². The third-order valence-electron chi connectivity index (χ3n) is 9.65. The number of alkyl halides is 4. The minimum atomic E-state index is -0.892. The Morgan fingerprint density at radius 1 is 0.743 bits per heavy atom. The van der Waals surface area contributed by atoms with Crippen LogP contribution in [0, 0.1) is 28.6 Å². The zero-order valence-corrected chi connectivity index (χ0v) is 29.5. The summed E-state index contributed by atoms with van der Waals surface area (Å²) in [5.74, 6) is 1.77. The highest BCUT2D eigenvalue weighted by Gasteiger charge is 2.53. The fourth-order valence-electron chi connectivity index (χ4n) is 6.60. The average Bonchev–Trinajstić information content (AvgIpc) is 2.75. The van der Waals surface area contributed by atoms with Crippen molar-refractivity contribution in [2.75, 3.05) is 6.61 Å². The highest BCUT2D eigenvalue weighted by atomic mass is 79.9. The highest BCUT2D eigenvalue weighted by Crippen LogP contribution is 2.57. The van der Waals surface area contributed by atoms with Crippen molar-refractivity contribution in [3.63, 3.8) is 0 Å². The number of halogens is 4. The third-order valence-corrected chi connectivity index (χ3v) is 13.4. The van der Waals surface area contributed by atoms with Crippen molar-refractivity contribution in [2.24, 2.45) is 28.6 Å². The molecule has 5 atom stereocenters. The number of ether oxygens (including phenoxy) is 2. The van der Waals surface area contributed by atoms with E-state index in [4.69, 9.17) is 9.47 Å². The second kappa shape index (κ2) is 13.4. The maximum atomic E-state index is 10.3. The van der Waals surface area contributed by atoms with E-state index in [-0.39, 0.29) is 23.7 Å². The molecule has 0 aromatic rings. The zero-order chi connectivity index (χ0) is 26.8. The van der Waals surface area contributed by atoms with Crippen LogP contribution in [-0.4, -0.2) is 49.0 Å². The normalized spacial score (nSPS) is 36.3. The summed E-state index contributed by atoms with van der Waals surface area (Å²) in [6.45, 7) is 18.4. The molecular weight excluding hydrogens is 704 g/mol. The monoisotopic (exact) mass is 750 g/mol. The first-order chi connectivity index (χ1) is 16.1. The largest absolute Gasteiger partial charge is 0.373 e. The molecule has 0 radical (unpaired) electrons. The Morgan fingerprint density at radius 2 is 1.17 bits per heavy atom. The molecule has 3 nitrogen and oxygen atoms in total. The molecule has 0 saturated heterocycles. The maximum absolute atomic E-state index is 10.3. The summed E-state index contributed by atoms with van der Waals surface area (Å²) in [6, 6.07) is 0. The lowest BCUT2D eigenvalue weighted by Gasteiger charge is -2.55. The van der Waals surface area contributed by atoms with Crippen molar-refractivity contribution in [1.29, 1.82) is 0 Å². The molecule has 5 unspecified atom stereocenters. The molecule has 0 bridgehead atoms. The van der Waals surface area contributed by atoms with E-state index in [9.17, 15) is 5.11 Å². The number of aliphatic hydroxyl groups is 1. The smallest absolute Gasteiger partial charge is 0.178 e. The number of hydrogen-bond donors (Lipinski definition) is 1. The molecule has 2 saturated carbocycles. The van der Waals surface area contributed by atoms with Crippen molar-refractivity contribution in [3.05, 3.63) is 0 Å². The van der Waals surface area contributed by atoms with Gasteiger partial charge in [0.05, 0.1) is 18.3 Å². The second-order valence-corrected chi connectivity index (χ2v) is 17.3. The fourth-order valence-corrected chi connectivity index (χ4v) is 13.4. The Kier molecular flexibility index (Phi) is 12.7. The van der Waals surface area contributed by atoms with E-state index in [2.05, 4.69) is 105 Å². The lowest BCUT2D eigenvalue weighted by molar-refractivity contribution is -0.205. The van der Waals surface area contributed by atoms with Gasteiger partial charge in [-0.2, -0.15) is 0 Å². The summed E-state index contributed by atoms with van der Waals surface area (Å²) < 4.78 is 11.9. The molecule has 0 aromatic heterocycles. The molecule has 2 rings (SSSR count). The van der Waals surface area contributed by atoms with E-state index < -0.39 is 6.29 Å². The van der Waals surface area contributed by atoms with Crippen molar-refractivity contribution in [3.8, 4) is 0 Å². The number of aliphatic hydroxyl groups excluding tert-OH is 1. The van der Waals surface area contributed by atoms with Gasteiger partial charge in [-0.25, -0.2) is 0 Å². The van der Waals surface area contributed by atoms with Crippen LogP contribution < -0.4 is 0 Å². The molecule has 0 heterocycles. The van der Waals surface area contributed by atoms with Gasteiger partial charge in [0.1, 0.15) is 0 Å². The minimum absolute atomic E-state index is 0.101. The van der Waals surface area contributed by atoms with Crippen molar-refractivity contribution in [2.45, 2.75) is 138 Å². The van der Waals surface area contributed by atoms with Gasteiger partial charge in [-0.1, -0.05) is 118 Å². The van der Waals surface area contributed by atoms with E-state index >= 15 is 0 Å². The predicted molar refractivity (Wildman–Crippen MR) is 163 cm³/mol. The van der Waals surface area contributed by atoms with Gasteiger partial charge in [-0.05, 0) is 74.5 Å². The average molecular weight is 754 g/mol. The molecular formula is C28H50Br4O3. The summed E-state index contributed by atoms with van der Waals surface area (Å²) in [5.41, 5.74) is 0.200. The van der Waals surface area contributed by atoms with E-state index in [1.165, 1.54) is 25.7 Å². The quantitative estimate of drug-likeness (QED) is 0.169. The third kappa shape index (κ3) is 8.16. The summed E-state index contributed by atoms with van der Waals surface area (Å²) >= 11 is 16.5. The Labute approximate surface area is 249 Å². The van der Waals surface area contributed by atoms with E-state index in [0.29, 0.717) is 36.6 Å². The summed E-state index contributed by atoms with van der Waals surface area (Å²) in [7, 11) is 0. The minimum Gasteiger partial charge on any atom is -0.373 e. The van der Waals surface area contributed by atoms with Gasteiger partial charge in [-0.15, -0.1) is 0 Å². The summed E-state index contributed by atoms with van der Waals surface area (Å²) in [4.78, 5) is 1.69. The van der Waals surface area contributed by atoms with Crippen LogP contribution in [0.15, 0.2) is 0 Å². The Bertz CT molecular complexity index is 630. The molecule has 2 aliphatic carbocycles. The van der Waals surface area contributed by atoms with Crippen molar-refractivity contribution in [1.82, 2.24) is 0 Å². The van der Waals surface area contributed by atoms with Gasteiger partial charge in [0.2, 0.25) is 0 Å². The van der Waals surface area contributed by atoms with Crippen LogP contribution in [0.4, 0.5) is 0 Å². The first-order valence-corrected chi connectivity index (χ1v) is 17.3. The van der Waals surface area contributed by atoms with Crippen LogP contribution in [0.25, 0.3) is 0 Å². The molecule has 208 valence electrons. The van der Waals surface area contributed by atoms with Crippen LogP contribution in [-0.2, 0) is 9.47 Å². The van der Waals surface area contributed by atoms with Crippen molar-refractivity contribution < 1.29 is 14.6 Å². The molecule has 2 aliphatic rings. The van der Waals surface area contributed by atoms with Crippen LogP contribution in [0.2, 0.25) is 0 Å². The van der Waals surface area contributed by atoms with Crippen LogP contribution in [0.5, 0.6) is 0 Å². The summed E-state index contributed by atoms with van der Waals surface area (Å²) in [5, 5.41) is 10.3. The summed E-state index contributed by atoms with van der Waals surface area (Å²) in [6.07, 6.45) is 6.93. The lowest BCUT2D eigenvalue weighted by Crippen LogP contribution is -2.54. The molecule has 0 aliphatic heterocycles. The molecule has 0 spiro atoms. The van der Waals surface area contributed by atoms with Gasteiger partial charge in [0.25, 0.3) is 0 Å². The predicted octanol–water partition coefficient (Wildman–Crippen LogP) is 9.24. The van der Waals surface area contributed by atoms with Crippen LogP contribution in [0.3, 0.4) is 0 Å². The van der Waals surface area contributed by atoms with Gasteiger partial charge in [-0.3, -0.25) is 0 Å². The van der Waals surface area contributed by atoms with Gasteiger partial charge in [0, 0.05) is 19.3 Å². The van der Waals surface area contributed by atoms with Crippen molar-refractivity contribution >= 4 is 63.7 Å². The number of hydrogen-bond acceptors (Lipinski definition) is 3. The number of rotatable bonds is 11. The van der Waals surface area contributed by atoms with Gasteiger partial charge >= 0.3 is 0 Å². The topological polar surface area (TPSA) is 38.7 Å². The molecule has 1 N–H and O–H groups in total. The lowest BCUT2D eigenvalue weighted by atomic mass is 9.57. The Morgan fingerprint density at radius 3 is 1.57 bits per heavy atom. The fraction of sp³-hybridized carbons (Fsp3) is 1.00. The van der Waals surface area contributed by atoms with E-state index in [1.54, 1.807) is 0 Å². The Balaban J connectivity index is 2.05.